The predicted molar refractivity (Wildman–Crippen MR) is 237 cm³/mol. The zero-order valence-corrected chi connectivity index (χ0v) is 34.7. The van der Waals surface area contributed by atoms with Crippen LogP contribution in [0, 0.1) is 11.6 Å². The van der Waals surface area contributed by atoms with Gasteiger partial charge in [-0.15, -0.1) is 0 Å². The van der Waals surface area contributed by atoms with Crippen LogP contribution in [0.15, 0.2) is 91.3 Å². The van der Waals surface area contributed by atoms with Gasteiger partial charge in [-0.3, -0.25) is 13.6 Å². The second kappa shape index (κ2) is 18.5. The number of amides is 3. The molecule has 0 spiro atoms. The summed E-state index contributed by atoms with van der Waals surface area (Å²) in [5.74, 6) is 0.0144. The van der Waals surface area contributed by atoms with Crippen LogP contribution in [0.25, 0.3) is 55.9 Å². The van der Waals surface area contributed by atoms with Crippen molar-refractivity contribution in [2.24, 2.45) is 0 Å². The van der Waals surface area contributed by atoms with Gasteiger partial charge in [0.25, 0.3) is 5.91 Å². The van der Waals surface area contributed by atoms with Crippen molar-refractivity contribution in [1.82, 2.24) is 39.4 Å². The molecular weight excluding hydrogens is 836 g/mol. The Hall–Kier alpha value is -6.99. The lowest BCUT2D eigenvalue weighted by atomic mass is 10.1. The molecule has 1 aliphatic carbocycles. The van der Waals surface area contributed by atoms with Crippen molar-refractivity contribution >= 4 is 74.2 Å². The lowest BCUT2D eigenvalue weighted by molar-refractivity contribution is 0.0951. The zero-order valence-electron chi connectivity index (χ0n) is 34.0. The van der Waals surface area contributed by atoms with Gasteiger partial charge < -0.3 is 41.5 Å². The number of fused-ring (bicyclic) bond motifs is 6. The molecule has 0 saturated heterocycles. The number of nitrogens with one attached hydrogen (secondary N) is 5. The van der Waals surface area contributed by atoms with Crippen LogP contribution in [0.4, 0.5) is 30.9 Å². The number of carbonyl (C=O) groups excluding carboxylic acids is 2. The van der Waals surface area contributed by atoms with Gasteiger partial charge in [0, 0.05) is 62.2 Å². The van der Waals surface area contributed by atoms with Crippen LogP contribution >= 0.6 is 11.6 Å². The van der Waals surface area contributed by atoms with Gasteiger partial charge in [0.15, 0.2) is 22.9 Å². The number of halogens is 3. The minimum atomic E-state index is -0.958. The Kier molecular flexibility index (Phi) is 12.6. The molecule has 63 heavy (non-hydrogen) atoms. The molecule has 4 aromatic heterocycles. The topological polar surface area (TPSA) is 204 Å². The standard InChI is InChI=1S/C23H21ClFN5O2.C21H21FN6O3/c1-32-9-8-26-21-22-27-12-20(30(22)19-11-14(25)3-7-18(19)29-21)13-2-6-16(17(24)10-13)23(31)28-15-4-5-15;1-23-21(31)26-14-5-2-12(3-6-14)18-10-25-20-19(24-9-15(30)11-29)27-16-7-4-13(22)8-17(16)28(18)20/h2-3,6-7,10-12,15H,4-5,8-9H2,1H3,(H,26,29)(H,28,31);2-8,10,15,29-30H,9,11H2,1H3,(H,24,27)(H2,23,26,31). The van der Waals surface area contributed by atoms with E-state index in [2.05, 4.69) is 46.5 Å². The number of hydrogen-bond acceptors (Lipinski definition) is 11. The summed E-state index contributed by atoms with van der Waals surface area (Å²) in [4.78, 5) is 42.0. The van der Waals surface area contributed by atoms with Gasteiger partial charge in [0.1, 0.15) is 11.6 Å². The van der Waals surface area contributed by atoms with Crippen LogP contribution in [-0.4, -0.2) is 103 Å². The SMILES string of the molecule is CNC(=O)Nc1ccc(-c2cnc3c(NCC(O)CO)nc4ccc(F)cc4n23)cc1.COCCNc1nc2ccc(F)cc2n2c(-c3ccc(C(=O)NC4CC4)c(Cl)c3)cnc12. The number of ether oxygens (including phenoxy) is 1. The van der Waals surface area contributed by atoms with Gasteiger partial charge in [-0.25, -0.2) is 33.5 Å². The summed E-state index contributed by atoms with van der Waals surface area (Å²) in [6.45, 7) is 0.736. The Bertz CT molecular complexity index is 2980. The summed E-state index contributed by atoms with van der Waals surface area (Å²) in [7, 11) is 3.16. The number of rotatable bonds is 13. The third-order valence-corrected chi connectivity index (χ3v) is 10.5. The Morgan fingerprint density at radius 3 is 1.98 bits per heavy atom. The number of benzene rings is 4. The van der Waals surface area contributed by atoms with Crippen molar-refractivity contribution in [3.05, 3.63) is 113 Å². The highest BCUT2D eigenvalue weighted by atomic mass is 35.5. The first-order chi connectivity index (χ1) is 30.5. The number of imidazole rings is 2. The third-order valence-electron chi connectivity index (χ3n) is 10.2. The normalized spacial score (nSPS) is 12.9. The fourth-order valence-electron chi connectivity index (χ4n) is 6.87. The molecule has 7 N–H and O–H groups in total. The number of anilines is 3. The van der Waals surface area contributed by atoms with Crippen LogP contribution in [0.3, 0.4) is 0 Å². The molecule has 1 fully saturated rings. The molecule has 16 nitrogen and oxygen atoms in total. The monoisotopic (exact) mass is 877 g/mol. The van der Waals surface area contributed by atoms with E-state index in [1.807, 2.05) is 22.6 Å². The van der Waals surface area contributed by atoms with Crippen LogP contribution in [-0.2, 0) is 4.74 Å². The first-order valence-electron chi connectivity index (χ1n) is 19.9. The summed E-state index contributed by atoms with van der Waals surface area (Å²) in [5, 5.41) is 33.4. The highest BCUT2D eigenvalue weighted by molar-refractivity contribution is 6.34. The van der Waals surface area contributed by atoms with Crippen molar-refractivity contribution in [3.63, 3.8) is 0 Å². The average Bonchev–Trinajstić information content (AvgIpc) is 3.79. The molecule has 4 heterocycles. The number of hydrogen-bond donors (Lipinski definition) is 7. The minimum Gasteiger partial charge on any atom is -0.394 e. The van der Waals surface area contributed by atoms with E-state index >= 15 is 0 Å². The Morgan fingerprint density at radius 1 is 0.841 bits per heavy atom. The van der Waals surface area contributed by atoms with Crippen molar-refractivity contribution in [3.8, 4) is 22.5 Å². The number of carbonyl (C=O) groups is 2. The molecule has 1 unspecified atom stereocenters. The molecule has 324 valence electrons. The Morgan fingerprint density at radius 2 is 1.43 bits per heavy atom. The third kappa shape index (κ3) is 9.29. The molecule has 0 radical (unpaired) electrons. The molecule has 1 saturated carbocycles. The number of nitrogens with zero attached hydrogens (tertiary/aromatic N) is 6. The minimum absolute atomic E-state index is 0.0773. The first kappa shape index (κ1) is 42.7. The first-order valence-corrected chi connectivity index (χ1v) is 20.3. The van der Waals surface area contributed by atoms with Crippen molar-refractivity contribution in [2.45, 2.75) is 25.0 Å². The zero-order chi connectivity index (χ0) is 44.2. The molecule has 8 aromatic rings. The molecule has 3 amide bonds. The molecule has 0 aliphatic heterocycles. The van der Waals surface area contributed by atoms with Gasteiger partial charge in [-0.1, -0.05) is 29.8 Å². The number of aliphatic hydroxyl groups is 2. The second-order valence-corrected chi connectivity index (χ2v) is 15.1. The highest BCUT2D eigenvalue weighted by Gasteiger charge is 2.25. The summed E-state index contributed by atoms with van der Waals surface area (Å²) >= 11 is 6.47. The van der Waals surface area contributed by atoms with Gasteiger partial charge in [-0.2, -0.15) is 0 Å². The maximum atomic E-state index is 14.1. The molecular formula is C44H42ClF2N11O5. The van der Waals surface area contributed by atoms with E-state index in [-0.39, 0.29) is 30.3 Å². The Labute approximate surface area is 363 Å². The fourth-order valence-corrected chi connectivity index (χ4v) is 7.14. The van der Waals surface area contributed by atoms with E-state index in [1.165, 1.54) is 31.3 Å². The quantitative estimate of drug-likeness (QED) is 0.0624. The largest absolute Gasteiger partial charge is 0.394 e. The summed E-state index contributed by atoms with van der Waals surface area (Å²) in [6.07, 6.45) is 4.39. The fraction of sp³-hybridized carbons (Fsp3) is 0.227. The number of methoxy groups -OCH3 is 1. The number of urea groups is 1. The Balaban J connectivity index is 0.000000173. The summed E-state index contributed by atoms with van der Waals surface area (Å²) < 4.78 is 36.9. The molecule has 9 rings (SSSR count). The van der Waals surface area contributed by atoms with E-state index in [0.29, 0.717) is 85.8 Å². The van der Waals surface area contributed by atoms with Crippen LogP contribution < -0.4 is 26.6 Å². The lowest BCUT2D eigenvalue weighted by Gasteiger charge is -2.13. The van der Waals surface area contributed by atoms with Crippen LogP contribution in [0.5, 0.6) is 0 Å². The van der Waals surface area contributed by atoms with E-state index in [9.17, 15) is 23.5 Å². The van der Waals surface area contributed by atoms with Crippen molar-refractivity contribution in [1.29, 1.82) is 0 Å². The molecule has 4 aromatic carbocycles. The van der Waals surface area contributed by atoms with Gasteiger partial charge in [0.05, 0.1) is 75.8 Å². The summed E-state index contributed by atoms with van der Waals surface area (Å²) in [5.41, 5.74) is 7.28. The smallest absolute Gasteiger partial charge is 0.318 e. The molecule has 0 bridgehead atoms. The van der Waals surface area contributed by atoms with E-state index in [4.69, 9.17) is 21.4 Å². The number of aromatic nitrogens is 6. The van der Waals surface area contributed by atoms with Crippen LogP contribution in [0.2, 0.25) is 5.02 Å². The number of aliphatic hydroxyl groups excluding tert-OH is 2. The summed E-state index contributed by atoms with van der Waals surface area (Å²) in [6, 6.07) is 21.0. The van der Waals surface area contributed by atoms with Gasteiger partial charge in [-0.05, 0) is 61.4 Å². The average molecular weight is 878 g/mol. The molecule has 1 aliphatic rings. The van der Waals surface area contributed by atoms with E-state index < -0.39 is 18.5 Å². The van der Waals surface area contributed by atoms with Crippen molar-refractivity contribution in [2.75, 3.05) is 56.4 Å². The molecule has 1 atom stereocenters. The van der Waals surface area contributed by atoms with Gasteiger partial charge in [0.2, 0.25) is 0 Å². The maximum absolute atomic E-state index is 14.1. The lowest BCUT2D eigenvalue weighted by Crippen LogP contribution is -2.25. The van der Waals surface area contributed by atoms with Crippen LogP contribution in [0.1, 0.15) is 23.2 Å². The van der Waals surface area contributed by atoms with Gasteiger partial charge >= 0.3 is 6.03 Å². The van der Waals surface area contributed by atoms with E-state index in [1.54, 1.807) is 60.3 Å². The maximum Gasteiger partial charge on any atom is 0.318 e. The van der Waals surface area contributed by atoms with Crippen molar-refractivity contribution < 1.29 is 33.3 Å². The van der Waals surface area contributed by atoms with E-state index in [0.717, 1.165) is 24.0 Å². The second-order valence-electron chi connectivity index (χ2n) is 14.7. The molecule has 19 heteroatoms. The predicted octanol–water partition coefficient (Wildman–Crippen LogP) is 6.50. The highest BCUT2D eigenvalue weighted by Crippen LogP contribution is 2.33.